The Labute approximate surface area is 269 Å². The highest BCUT2D eigenvalue weighted by Crippen LogP contribution is 2.26. The Morgan fingerprint density at radius 2 is 0.700 bits per heavy atom. The number of unbranched alkanes of at least 4 members (excludes halogenated alkanes) is 24. The van der Waals surface area contributed by atoms with Crippen molar-refractivity contribution >= 4 is 31.9 Å². The van der Waals surface area contributed by atoms with Gasteiger partial charge in [-0.15, -0.1) is 0 Å². The van der Waals surface area contributed by atoms with E-state index in [1.165, 1.54) is 185 Å². The maximum Gasteiger partial charge on any atom is 0.0285 e. The van der Waals surface area contributed by atoms with Gasteiger partial charge in [0, 0.05) is 10.7 Å². The molecule has 0 aliphatic rings. The summed E-state index contributed by atoms with van der Waals surface area (Å²) >= 11 is 7.54. The van der Waals surface area contributed by atoms with E-state index in [1.807, 2.05) is 0 Å². The minimum absolute atomic E-state index is 0.970. The molecule has 0 spiro atoms. The molecule has 0 aromatic heterocycles. The normalized spacial score (nSPS) is 11.5. The predicted octanol–water partition coefficient (Wildman–Crippen LogP) is 14.7. The van der Waals surface area contributed by atoms with Crippen LogP contribution in [-0.4, -0.2) is 0 Å². The molecule has 1 aromatic carbocycles. The Bertz CT molecular complexity index is 668. The Hall–Kier alpha value is 0.180. The largest absolute Gasteiger partial charge is 0.0876 e. The highest BCUT2D eigenvalue weighted by molar-refractivity contribution is 9.08. The number of hydrogen-bond donors (Lipinski definition) is 0. The van der Waals surface area contributed by atoms with Gasteiger partial charge in [-0.3, -0.25) is 0 Å². The zero-order valence-electron chi connectivity index (χ0n) is 27.1. The van der Waals surface area contributed by atoms with Gasteiger partial charge in [-0.2, -0.15) is 0 Å². The smallest absolute Gasteiger partial charge is 0.0285 e. The van der Waals surface area contributed by atoms with Gasteiger partial charge < -0.3 is 0 Å². The number of benzene rings is 1. The number of rotatable bonds is 30. The molecule has 0 aliphatic heterocycles. The minimum atomic E-state index is 0.970. The topological polar surface area (TPSA) is 0 Å². The maximum atomic E-state index is 3.82. The standard InChI is InChI=1S/C38H68Br2/c1-3-5-7-9-11-13-15-17-19-21-23-25-27-29-36-31-35(33-39)32-37(34-40)38(36)30-28-26-24-22-20-18-16-14-12-10-8-6-4-2/h31-32H,3-30,33-34H2,1-2H3. The fourth-order valence-corrected chi connectivity index (χ4v) is 7.09. The quantitative estimate of drug-likeness (QED) is 0.0559. The van der Waals surface area contributed by atoms with Gasteiger partial charge in [-0.1, -0.05) is 212 Å². The van der Waals surface area contributed by atoms with E-state index in [0.29, 0.717) is 0 Å². The molecule has 1 rings (SSSR count). The molecule has 0 fully saturated rings. The molecule has 0 saturated carbocycles. The van der Waals surface area contributed by atoms with Crippen molar-refractivity contribution in [3.05, 3.63) is 34.4 Å². The van der Waals surface area contributed by atoms with Crippen LogP contribution in [0.1, 0.15) is 203 Å². The molecule has 0 nitrogen and oxygen atoms in total. The van der Waals surface area contributed by atoms with Crippen LogP contribution in [-0.2, 0) is 23.5 Å². The second-order valence-corrected chi connectivity index (χ2v) is 13.8. The Kier molecular flexibility index (Phi) is 27.9. The lowest BCUT2D eigenvalue weighted by molar-refractivity contribution is 0.537. The van der Waals surface area contributed by atoms with Crippen molar-refractivity contribution in [2.24, 2.45) is 0 Å². The molecule has 0 radical (unpaired) electrons. The Balaban J connectivity index is 2.22. The first-order valence-corrected chi connectivity index (χ1v) is 20.3. The molecular weight excluding hydrogens is 616 g/mol. The van der Waals surface area contributed by atoms with Crippen LogP contribution in [0.15, 0.2) is 12.1 Å². The van der Waals surface area contributed by atoms with E-state index in [0.717, 1.165) is 10.7 Å². The lowest BCUT2D eigenvalue weighted by atomic mass is 9.91. The van der Waals surface area contributed by atoms with Gasteiger partial charge >= 0.3 is 0 Å². The molecule has 0 heterocycles. The highest BCUT2D eigenvalue weighted by Gasteiger charge is 2.11. The minimum Gasteiger partial charge on any atom is -0.0876 e. The Morgan fingerprint density at radius 1 is 0.375 bits per heavy atom. The summed E-state index contributed by atoms with van der Waals surface area (Å²) in [6, 6.07) is 4.95. The third-order valence-electron chi connectivity index (χ3n) is 8.87. The van der Waals surface area contributed by atoms with Crippen LogP contribution in [0.2, 0.25) is 0 Å². The van der Waals surface area contributed by atoms with Gasteiger partial charge in [0.05, 0.1) is 0 Å². The van der Waals surface area contributed by atoms with Crippen molar-refractivity contribution in [2.45, 2.75) is 204 Å². The first-order chi connectivity index (χ1) is 19.8. The summed E-state index contributed by atoms with van der Waals surface area (Å²) in [5, 5.41) is 1.96. The van der Waals surface area contributed by atoms with Crippen LogP contribution >= 0.6 is 31.9 Å². The van der Waals surface area contributed by atoms with E-state index in [-0.39, 0.29) is 0 Å². The van der Waals surface area contributed by atoms with Crippen LogP contribution in [0.25, 0.3) is 0 Å². The van der Waals surface area contributed by atoms with E-state index >= 15 is 0 Å². The zero-order chi connectivity index (χ0) is 28.9. The van der Waals surface area contributed by atoms with Gasteiger partial charge in [-0.05, 0) is 47.9 Å². The van der Waals surface area contributed by atoms with Crippen LogP contribution in [0.3, 0.4) is 0 Å². The third-order valence-corrected chi connectivity index (χ3v) is 10.1. The van der Waals surface area contributed by atoms with Crippen molar-refractivity contribution in [1.82, 2.24) is 0 Å². The molecule has 0 saturated heterocycles. The Morgan fingerprint density at radius 3 is 1.05 bits per heavy atom. The van der Waals surface area contributed by atoms with Crippen LogP contribution < -0.4 is 0 Å². The van der Waals surface area contributed by atoms with E-state index < -0.39 is 0 Å². The fourth-order valence-electron chi connectivity index (χ4n) is 6.26. The summed E-state index contributed by atoms with van der Waals surface area (Å²) in [5.41, 5.74) is 6.31. The first kappa shape index (κ1) is 38.2. The SMILES string of the molecule is CCCCCCCCCCCCCCCc1cc(CBr)cc(CBr)c1CCCCCCCCCCCCCCC. The van der Waals surface area contributed by atoms with Crippen molar-refractivity contribution in [3.8, 4) is 0 Å². The summed E-state index contributed by atoms with van der Waals surface area (Å²) in [6.07, 6.45) is 39.8. The lowest BCUT2D eigenvalue weighted by Crippen LogP contribution is -2.02. The molecule has 1 aromatic rings. The van der Waals surface area contributed by atoms with Gasteiger partial charge in [-0.25, -0.2) is 0 Å². The summed E-state index contributed by atoms with van der Waals surface area (Å²) in [7, 11) is 0. The predicted molar refractivity (Wildman–Crippen MR) is 191 cm³/mol. The van der Waals surface area contributed by atoms with E-state index in [4.69, 9.17) is 0 Å². The third kappa shape index (κ3) is 21.0. The van der Waals surface area contributed by atoms with E-state index in [9.17, 15) is 0 Å². The van der Waals surface area contributed by atoms with Gasteiger partial charge in [0.25, 0.3) is 0 Å². The monoisotopic (exact) mass is 682 g/mol. The van der Waals surface area contributed by atoms with Crippen molar-refractivity contribution in [1.29, 1.82) is 0 Å². The molecule has 234 valence electrons. The van der Waals surface area contributed by atoms with Crippen molar-refractivity contribution < 1.29 is 0 Å². The van der Waals surface area contributed by atoms with Crippen molar-refractivity contribution in [3.63, 3.8) is 0 Å². The summed E-state index contributed by atoms with van der Waals surface area (Å²) in [4.78, 5) is 0. The number of alkyl halides is 2. The number of halogens is 2. The summed E-state index contributed by atoms with van der Waals surface area (Å²) in [5.74, 6) is 0. The molecule has 0 unspecified atom stereocenters. The maximum absolute atomic E-state index is 3.82. The fraction of sp³-hybridized carbons (Fsp3) is 0.842. The van der Waals surface area contributed by atoms with Gasteiger partial charge in [0.2, 0.25) is 0 Å². The second-order valence-electron chi connectivity index (χ2n) is 12.6. The van der Waals surface area contributed by atoms with E-state index in [2.05, 4.69) is 57.8 Å². The van der Waals surface area contributed by atoms with Crippen molar-refractivity contribution in [2.75, 3.05) is 0 Å². The second kappa shape index (κ2) is 29.3. The first-order valence-electron chi connectivity index (χ1n) is 18.0. The molecule has 2 heteroatoms. The molecule has 0 aliphatic carbocycles. The molecule has 0 amide bonds. The lowest BCUT2D eigenvalue weighted by Gasteiger charge is -2.16. The zero-order valence-corrected chi connectivity index (χ0v) is 30.3. The number of hydrogen-bond acceptors (Lipinski definition) is 0. The van der Waals surface area contributed by atoms with Crippen LogP contribution in [0, 0.1) is 0 Å². The average molecular weight is 685 g/mol. The molecular formula is C38H68Br2. The molecule has 0 bridgehead atoms. The van der Waals surface area contributed by atoms with E-state index in [1.54, 1.807) is 16.7 Å². The van der Waals surface area contributed by atoms with Crippen LogP contribution in [0.5, 0.6) is 0 Å². The molecule has 0 N–H and O–H groups in total. The summed E-state index contributed by atoms with van der Waals surface area (Å²) in [6.45, 7) is 4.61. The molecule has 0 atom stereocenters. The highest BCUT2D eigenvalue weighted by atomic mass is 79.9. The van der Waals surface area contributed by atoms with Crippen LogP contribution in [0.4, 0.5) is 0 Å². The molecule has 40 heavy (non-hydrogen) atoms. The summed E-state index contributed by atoms with van der Waals surface area (Å²) < 4.78 is 0. The van der Waals surface area contributed by atoms with Gasteiger partial charge in [0.1, 0.15) is 0 Å². The average Bonchev–Trinajstić information content (AvgIpc) is 2.98. The number of aryl methyl sites for hydroxylation is 1. The van der Waals surface area contributed by atoms with Gasteiger partial charge in [0.15, 0.2) is 0 Å².